The number of hydrogen-bond donors (Lipinski definition) is 3. The smallest absolute Gasteiger partial charge is 0.255 e. The number of hydrogen-bond acceptors (Lipinski definition) is 5. The number of aryl methyl sites for hydroxylation is 1. The molecule has 3 aromatic carbocycles. The summed E-state index contributed by atoms with van der Waals surface area (Å²) < 4.78 is 37.4. The van der Waals surface area contributed by atoms with Crippen molar-refractivity contribution in [3.8, 4) is 11.5 Å². The number of phenolic OH excluding ortho intramolecular Hbond substituents is 2. The van der Waals surface area contributed by atoms with E-state index in [2.05, 4.69) is 5.32 Å². The molecule has 1 amide bonds. The Balaban J connectivity index is 1.56. The van der Waals surface area contributed by atoms with E-state index in [0.29, 0.717) is 16.8 Å². The summed E-state index contributed by atoms with van der Waals surface area (Å²) in [6, 6.07) is 16.0. The maximum Gasteiger partial charge on any atom is 0.255 e. The van der Waals surface area contributed by atoms with Gasteiger partial charge in [-0.05, 0) is 72.2 Å². The number of amides is 1. The predicted octanol–water partition coefficient (Wildman–Crippen LogP) is 4.12. The normalized spacial score (nSPS) is 11.5. The molecule has 0 aliphatic heterocycles. The van der Waals surface area contributed by atoms with Crippen molar-refractivity contribution in [1.82, 2.24) is 0 Å². The maximum atomic E-state index is 12.9. The minimum absolute atomic E-state index is 0.116. The third-order valence-corrected chi connectivity index (χ3v) is 5.78. The molecule has 0 unspecified atom stereocenters. The van der Waals surface area contributed by atoms with Crippen molar-refractivity contribution < 1.29 is 27.8 Å². The second kappa shape index (κ2) is 9.44. The molecule has 8 heteroatoms. The van der Waals surface area contributed by atoms with E-state index in [1.54, 1.807) is 24.3 Å². The van der Waals surface area contributed by atoms with E-state index in [1.807, 2.05) is 0 Å². The van der Waals surface area contributed by atoms with Crippen LogP contribution < -0.4 is 5.32 Å². The van der Waals surface area contributed by atoms with E-state index >= 15 is 0 Å². The van der Waals surface area contributed by atoms with Gasteiger partial charge in [0.1, 0.15) is 5.82 Å². The zero-order valence-electron chi connectivity index (χ0n) is 16.3. The third kappa shape index (κ3) is 6.42. The van der Waals surface area contributed by atoms with Crippen LogP contribution in [0.25, 0.3) is 6.08 Å². The first-order chi connectivity index (χ1) is 14.7. The first-order valence-corrected chi connectivity index (χ1v) is 11.0. The minimum Gasteiger partial charge on any atom is -0.504 e. The molecule has 0 fully saturated rings. The van der Waals surface area contributed by atoms with E-state index in [0.717, 1.165) is 11.0 Å². The van der Waals surface area contributed by atoms with Crippen LogP contribution in [0.4, 0.5) is 10.1 Å². The molecule has 0 aliphatic rings. The van der Waals surface area contributed by atoms with Gasteiger partial charge in [0.25, 0.3) is 5.91 Å². The number of rotatable bonds is 7. The predicted molar refractivity (Wildman–Crippen MR) is 117 cm³/mol. The molecule has 0 radical (unpaired) electrons. The molecule has 0 heterocycles. The zero-order valence-corrected chi connectivity index (χ0v) is 17.1. The van der Waals surface area contributed by atoms with Crippen LogP contribution in [0.15, 0.2) is 72.1 Å². The Labute approximate surface area is 179 Å². The van der Waals surface area contributed by atoms with Crippen LogP contribution >= 0.6 is 0 Å². The molecule has 0 aliphatic carbocycles. The van der Waals surface area contributed by atoms with Crippen LogP contribution in [0.1, 0.15) is 21.5 Å². The number of sulfone groups is 1. The Morgan fingerprint density at radius 3 is 2.26 bits per heavy atom. The summed E-state index contributed by atoms with van der Waals surface area (Å²) in [6.45, 7) is 0. The van der Waals surface area contributed by atoms with Crippen molar-refractivity contribution in [3.05, 3.63) is 94.6 Å². The quantitative estimate of drug-likeness (QED) is 0.479. The van der Waals surface area contributed by atoms with E-state index in [1.165, 1.54) is 48.5 Å². The molecule has 3 aromatic rings. The highest BCUT2D eigenvalue weighted by Gasteiger charge is 2.09. The van der Waals surface area contributed by atoms with Crippen molar-refractivity contribution in [2.75, 3.05) is 11.1 Å². The van der Waals surface area contributed by atoms with Gasteiger partial charge in [0.2, 0.25) is 0 Å². The second-order valence-electron chi connectivity index (χ2n) is 6.83. The van der Waals surface area contributed by atoms with E-state index in [-0.39, 0.29) is 29.6 Å². The number of carbonyl (C=O) groups excluding carboxylic acids is 1. The standard InChI is InChI=1S/C23H20FNO5S/c24-19-6-4-18(5-7-19)23(28)25-20-8-1-16(2-9-20)11-13-31(29,30)14-12-17-3-10-21(26)22(27)15-17/h1-10,12,14-15,26-27H,11,13H2,(H,25,28)/b14-12+. The van der Waals surface area contributed by atoms with E-state index in [9.17, 15) is 27.8 Å². The molecular formula is C23H20FNO5S. The number of aromatic hydroxyl groups is 2. The van der Waals surface area contributed by atoms with Crippen LogP contribution in [-0.4, -0.2) is 30.3 Å². The number of anilines is 1. The number of nitrogens with one attached hydrogen (secondary N) is 1. The number of phenols is 2. The van der Waals surface area contributed by atoms with Gasteiger partial charge in [-0.3, -0.25) is 4.79 Å². The first-order valence-electron chi connectivity index (χ1n) is 9.30. The summed E-state index contributed by atoms with van der Waals surface area (Å²) in [5.41, 5.74) is 2.08. The number of benzene rings is 3. The topological polar surface area (TPSA) is 104 Å². The van der Waals surface area contributed by atoms with Gasteiger partial charge in [-0.25, -0.2) is 12.8 Å². The lowest BCUT2D eigenvalue weighted by molar-refractivity contribution is 0.102. The highest BCUT2D eigenvalue weighted by atomic mass is 32.2. The monoisotopic (exact) mass is 441 g/mol. The summed E-state index contributed by atoms with van der Waals surface area (Å²) in [5.74, 6) is -1.52. The van der Waals surface area contributed by atoms with Gasteiger partial charge in [0.15, 0.2) is 21.3 Å². The molecule has 3 N–H and O–H groups in total. The largest absolute Gasteiger partial charge is 0.504 e. The number of halogens is 1. The Morgan fingerprint density at radius 1 is 0.935 bits per heavy atom. The fourth-order valence-electron chi connectivity index (χ4n) is 2.71. The summed E-state index contributed by atoms with van der Waals surface area (Å²) in [5, 5.41) is 22.5. The second-order valence-corrected chi connectivity index (χ2v) is 8.83. The van der Waals surface area contributed by atoms with E-state index < -0.39 is 15.7 Å². The molecule has 0 spiro atoms. The van der Waals surface area contributed by atoms with E-state index in [4.69, 9.17) is 0 Å². The van der Waals surface area contributed by atoms with Crippen LogP contribution in [0.3, 0.4) is 0 Å². The summed E-state index contributed by atoms with van der Waals surface area (Å²) in [6.07, 6.45) is 1.63. The van der Waals surface area contributed by atoms with Gasteiger partial charge in [-0.2, -0.15) is 0 Å². The van der Waals surface area contributed by atoms with Crippen molar-refractivity contribution in [2.45, 2.75) is 6.42 Å². The van der Waals surface area contributed by atoms with Gasteiger partial charge in [0, 0.05) is 16.7 Å². The van der Waals surface area contributed by atoms with Crippen molar-refractivity contribution in [1.29, 1.82) is 0 Å². The highest BCUT2D eigenvalue weighted by Crippen LogP contribution is 2.25. The van der Waals surface area contributed by atoms with Gasteiger partial charge in [0.05, 0.1) is 5.75 Å². The van der Waals surface area contributed by atoms with Crippen molar-refractivity contribution in [2.24, 2.45) is 0 Å². The molecule has 0 bridgehead atoms. The highest BCUT2D eigenvalue weighted by molar-refractivity contribution is 7.94. The van der Waals surface area contributed by atoms with Gasteiger partial charge in [-0.1, -0.05) is 18.2 Å². The molecule has 160 valence electrons. The molecule has 3 rings (SSSR count). The molecular weight excluding hydrogens is 421 g/mol. The summed E-state index contributed by atoms with van der Waals surface area (Å²) in [4.78, 5) is 12.1. The Hall–Kier alpha value is -3.65. The molecule has 31 heavy (non-hydrogen) atoms. The summed E-state index contributed by atoms with van der Waals surface area (Å²) in [7, 11) is -3.49. The number of carbonyl (C=O) groups is 1. The minimum atomic E-state index is -3.49. The van der Waals surface area contributed by atoms with Gasteiger partial charge in [-0.15, -0.1) is 0 Å². The SMILES string of the molecule is O=C(Nc1ccc(CCS(=O)(=O)/C=C/c2ccc(O)c(O)c2)cc1)c1ccc(F)cc1. The maximum absolute atomic E-state index is 12.9. The van der Waals surface area contributed by atoms with Crippen LogP contribution in [0.5, 0.6) is 11.5 Å². The lowest BCUT2D eigenvalue weighted by Gasteiger charge is -2.07. The third-order valence-electron chi connectivity index (χ3n) is 4.46. The first kappa shape index (κ1) is 22.0. The van der Waals surface area contributed by atoms with Crippen LogP contribution in [-0.2, 0) is 16.3 Å². The van der Waals surface area contributed by atoms with Crippen LogP contribution in [0, 0.1) is 5.82 Å². The fraction of sp³-hybridized carbons (Fsp3) is 0.0870. The van der Waals surface area contributed by atoms with Gasteiger partial charge < -0.3 is 15.5 Å². The van der Waals surface area contributed by atoms with Crippen LogP contribution in [0.2, 0.25) is 0 Å². The molecule has 0 aromatic heterocycles. The Morgan fingerprint density at radius 2 is 1.61 bits per heavy atom. The molecule has 6 nitrogen and oxygen atoms in total. The molecule has 0 saturated heterocycles. The van der Waals surface area contributed by atoms with Crippen molar-refractivity contribution in [3.63, 3.8) is 0 Å². The average Bonchev–Trinajstić information content (AvgIpc) is 2.75. The fourth-order valence-corrected chi connectivity index (χ4v) is 3.73. The summed E-state index contributed by atoms with van der Waals surface area (Å²) >= 11 is 0. The average molecular weight is 441 g/mol. The van der Waals surface area contributed by atoms with Crippen molar-refractivity contribution >= 4 is 27.5 Å². The molecule has 0 saturated carbocycles. The lowest BCUT2D eigenvalue weighted by Crippen LogP contribution is -2.12. The Bertz CT molecular complexity index is 1200. The lowest BCUT2D eigenvalue weighted by atomic mass is 10.1. The van der Waals surface area contributed by atoms with Gasteiger partial charge >= 0.3 is 0 Å². The zero-order chi connectivity index (χ0) is 22.4. The Kier molecular flexibility index (Phi) is 6.71. The molecule has 0 atom stereocenters.